The van der Waals surface area contributed by atoms with Crippen molar-refractivity contribution in [2.24, 2.45) is 0 Å². The number of nitrogens with zero attached hydrogens (tertiary/aromatic N) is 1. The molecule has 0 aromatic heterocycles. The highest BCUT2D eigenvalue weighted by molar-refractivity contribution is 5.68. The fraction of sp³-hybridized carbons (Fsp3) is 0.562. The Morgan fingerprint density at radius 3 is 2.55 bits per heavy atom. The van der Waals surface area contributed by atoms with E-state index in [0.29, 0.717) is 18.8 Å². The van der Waals surface area contributed by atoms with E-state index in [1.54, 1.807) is 17.4 Å². The van der Waals surface area contributed by atoms with Gasteiger partial charge >= 0.3 is 5.91 Å². The first kappa shape index (κ1) is 18.6. The molecule has 1 aromatic rings. The van der Waals surface area contributed by atoms with Crippen molar-refractivity contribution in [3.05, 3.63) is 24.3 Å². The maximum absolute atomic E-state index is 11.8. The monoisotopic (exact) mass is 311 g/mol. The molecule has 1 unspecified atom stereocenters. The zero-order valence-corrected chi connectivity index (χ0v) is 13.6. The number of quaternary nitrogens is 1. The number of carbonyl (C=O) groups is 1. The van der Waals surface area contributed by atoms with E-state index >= 15 is 0 Å². The molecule has 124 valence electrons. The lowest BCUT2D eigenvalue weighted by molar-refractivity contribution is -0.483. The second-order valence-corrected chi connectivity index (χ2v) is 5.36. The van der Waals surface area contributed by atoms with Crippen LogP contribution in [0.1, 0.15) is 13.3 Å². The molecular formula is C16H27N2O4+. The zero-order valence-electron chi connectivity index (χ0n) is 13.6. The summed E-state index contributed by atoms with van der Waals surface area (Å²) in [5.41, 5.74) is 0.853. The molecule has 6 heteroatoms. The number of hydrogen-bond donors (Lipinski definition) is 2. The minimum absolute atomic E-state index is 0.106. The molecule has 1 amide bonds. The first-order chi connectivity index (χ1) is 10.5. The third-order valence-corrected chi connectivity index (χ3v) is 2.97. The second-order valence-electron chi connectivity index (χ2n) is 5.36. The molecule has 3 N–H and O–H groups in total. The van der Waals surface area contributed by atoms with Crippen molar-refractivity contribution in [3.8, 4) is 5.75 Å². The summed E-state index contributed by atoms with van der Waals surface area (Å²) in [6.45, 7) is 3.65. The van der Waals surface area contributed by atoms with Gasteiger partial charge in [-0.1, -0.05) is 0 Å². The molecule has 0 bridgehead atoms. The van der Waals surface area contributed by atoms with Crippen molar-refractivity contribution >= 4 is 11.6 Å². The first-order valence-corrected chi connectivity index (χ1v) is 7.52. The molecule has 1 rings (SSSR count). The van der Waals surface area contributed by atoms with Gasteiger partial charge in [0.15, 0.2) is 0 Å². The highest BCUT2D eigenvalue weighted by Crippen LogP contribution is 2.12. The van der Waals surface area contributed by atoms with Gasteiger partial charge in [-0.05, 0) is 33.2 Å². The third kappa shape index (κ3) is 8.09. The number of amides is 1. The summed E-state index contributed by atoms with van der Waals surface area (Å²) in [5, 5.41) is 11.3. The summed E-state index contributed by atoms with van der Waals surface area (Å²) >= 11 is 0. The van der Waals surface area contributed by atoms with Gasteiger partial charge in [0, 0.05) is 25.3 Å². The molecule has 0 saturated carbocycles. The molecule has 6 nitrogen and oxygen atoms in total. The first-order valence-electron chi connectivity index (χ1n) is 7.52. The Kier molecular flexibility index (Phi) is 8.69. The standard InChI is InChI=1S/C16H26N2O4/c1-4-21-11-14(19)12-22-15-7-5-13(6-8-15)17-16(20)9-10-18(2)3/h5-8,14,19H,4,9-12H2,1-3H3,(H,17,20)/p+1. The molecule has 0 saturated heterocycles. The van der Waals surface area contributed by atoms with E-state index in [1.807, 2.05) is 38.1 Å². The lowest BCUT2D eigenvalue weighted by Gasteiger charge is -2.12. The van der Waals surface area contributed by atoms with Crippen LogP contribution in [0.4, 0.5) is 5.69 Å². The summed E-state index contributed by atoms with van der Waals surface area (Å²) in [6, 6.07) is 7.24. The molecular weight excluding hydrogens is 284 g/mol. The van der Waals surface area contributed by atoms with E-state index in [4.69, 9.17) is 9.47 Å². The molecule has 22 heavy (non-hydrogen) atoms. The Morgan fingerprint density at radius 1 is 1.27 bits per heavy atom. The predicted octanol–water partition coefficient (Wildman–Crippen LogP) is 0.136. The summed E-state index contributed by atoms with van der Waals surface area (Å²) in [7, 11) is 3.89. The van der Waals surface area contributed by atoms with Gasteiger partial charge in [0.1, 0.15) is 24.1 Å². The van der Waals surface area contributed by atoms with Crippen LogP contribution in [0.5, 0.6) is 5.75 Å². The van der Waals surface area contributed by atoms with Crippen LogP contribution in [0.3, 0.4) is 0 Å². The minimum atomic E-state index is -0.640. The highest BCUT2D eigenvalue weighted by atomic mass is 16.5. The van der Waals surface area contributed by atoms with Crippen LogP contribution in [-0.2, 0) is 9.53 Å². The van der Waals surface area contributed by atoms with Crippen molar-refractivity contribution in [2.75, 3.05) is 40.5 Å². The van der Waals surface area contributed by atoms with Crippen molar-refractivity contribution in [3.63, 3.8) is 0 Å². The average Bonchev–Trinajstić information content (AvgIpc) is 2.50. The average molecular weight is 311 g/mol. The molecule has 0 spiro atoms. The van der Waals surface area contributed by atoms with Crippen molar-refractivity contribution in [1.82, 2.24) is 4.90 Å². The topological polar surface area (TPSA) is 75.6 Å². The van der Waals surface area contributed by atoms with Crippen LogP contribution < -0.4 is 10.1 Å². The molecule has 0 aliphatic carbocycles. The van der Waals surface area contributed by atoms with Gasteiger partial charge in [0.25, 0.3) is 0 Å². The summed E-state index contributed by atoms with van der Waals surface area (Å²) in [4.78, 5) is 13.7. The van der Waals surface area contributed by atoms with Crippen LogP contribution in [0, 0.1) is 0 Å². The summed E-state index contributed by atoms with van der Waals surface area (Å²) in [5.74, 6) is 0.767. The van der Waals surface area contributed by atoms with Gasteiger partial charge < -0.3 is 19.5 Å². The van der Waals surface area contributed by atoms with Crippen LogP contribution >= 0.6 is 0 Å². The Bertz CT molecular complexity index is 434. The fourth-order valence-corrected chi connectivity index (χ4v) is 1.75. The summed E-state index contributed by atoms with van der Waals surface area (Å²) in [6.07, 6.45) is -0.131. The van der Waals surface area contributed by atoms with Crippen molar-refractivity contribution in [2.45, 2.75) is 19.4 Å². The quantitative estimate of drug-likeness (QED) is 0.601. The van der Waals surface area contributed by atoms with E-state index in [9.17, 15) is 9.90 Å². The third-order valence-electron chi connectivity index (χ3n) is 2.97. The van der Waals surface area contributed by atoms with Gasteiger partial charge in [0.05, 0.1) is 13.0 Å². The van der Waals surface area contributed by atoms with Gasteiger partial charge in [0.2, 0.25) is 0 Å². The highest BCUT2D eigenvalue weighted by Gasteiger charge is 2.09. The van der Waals surface area contributed by atoms with Crippen LogP contribution in [0.2, 0.25) is 0 Å². The molecule has 0 aliphatic heterocycles. The normalized spacial score (nSPS) is 12.4. The van der Waals surface area contributed by atoms with E-state index in [1.165, 1.54) is 0 Å². The number of primary amides is 1. The van der Waals surface area contributed by atoms with E-state index < -0.39 is 6.10 Å². The van der Waals surface area contributed by atoms with Crippen molar-refractivity contribution < 1.29 is 24.7 Å². The van der Waals surface area contributed by atoms with Gasteiger partial charge in [-0.3, -0.25) is 5.32 Å². The number of aliphatic hydroxyl groups excluding tert-OH is 1. The van der Waals surface area contributed by atoms with Crippen LogP contribution in [-0.4, -0.2) is 62.5 Å². The summed E-state index contributed by atoms with van der Waals surface area (Å²) < 4.78 is 10.6. The van der Waals surface area contributed by atoms with Crippen LogP contribution in [0.25, 0.3) is 0 Å². The number of rotatable bonds is 10. The van der Waals surface area contributed by atoms with Gasteiger partial charge in [-0.15, -0.1) is 0 Å². The number of ether oxygens (including phenoxy) is 2. The molecule has 0 aliphatic rings. The molecule has 1 aromatic carbocycles. The Hall–Kier alpha value is -1.47. The molecule has 0 heterocycles. The smallest absolute Gasteiger partial charge is 0.316 e. The predicted molar refractivity (Wildman–Crippen MR) is 84.2 cm³/mol. The Labute approximate surface area is 132 Å². The van der Waals surface area contributed by atoms with E-state index in [2.05, 4.69) is 0 Å². The lowest BCUT2D eigenvalue weighted by atomic mass is 10.3. The van der Waals surface area contributed by atoms with Gasteiger partial charge in [-0.2, -0.15) is 0 Å². The number of hydrogen-bond acceptors (Lipinski definition) is 5. The fourth-order valence-electron chi connectivity index (χ4n) is 1.75. The van der Waals surface area contributed by atoms with E-state index in [0.717, 1.165) is 12.2 Å². The Balaban J connectivity index is 2.34. The van der Waals surface area contributed by atoms with E-state index in [-0.39, 0.29) is 19.1 Å². The number of carbonyl (C=O) groups excluding carboxylic acids is 1. The minimum Gasteiger partial charge on any atom is -0.491 e. The number of benzene rings is 1. The molecule has 0 fully saturated rings. The second kappa shape index (κ2) is 10.3. The van der Waals surface area contributed by atoms with Crippen molar-refractivity contribution in [1.29, 1.82) is 0 Å². The number of aliphatic hydroxyl groups is 1. The maximum Gasteiger partial charge on any atom is 0.316 e. The SMILES string of the molecule is CCOCC(O)COc1ccc([NH2+]C(=O)CCN(C)C)cc1. The zero-order chi connectivity index (χ0) is 16.4. The largest absolute Gasteiger partial charge is 0.491 e. The van der Waals surface area contributed by atoms with Gasteiger partial charge in [-0.25, -0.2) is 4.79 Å². The Morgan fingerprint density at radius 2 is 1.95 bits per heavy atom. The molecule has 0 radical (unpaired) electrons. The lowest BCUT2D eigenvalue weighted by Crippen LogP contribution is -2.82. The number of nitrogens with two attached hydrogens (primary N) is 1. The van der Waals surface area contributed by atoms with Crippen LogP contribution in [0.15, 0.2) is 24.3 Å². The molecule has 1 atom stereocenters. The maximum atomic E-state index is 11.8.